The number of likely N-dealkylation sites (tertiary alicyclic amines) is 1. The summed E-state index contributed by atoms with van der Waals surface area (Å²) in [6, 6.07) is 5.08. The number of nitrogens with zero attached hydrogens (tertiary/aromatic N) is 3. The maximum absolute atomic E-state index is 14.8. The van der Waals surface area contributed by atoms with Crippen LogP contribution in [0.3, 0.4) is 0 Å². The number of fused-ring (bicyclic) bond motifs is 1. The summed E-state index contributed by atoms with van der Waals surface area (Å²) in [5.41, 5.74) is 0.986. The summed E-state index contributed by atoms with van der Waals surface area (Å²) in [4.78, 5) is 28.8. The lowest BCUT2D eigenvalue weighted by atomic mass is 9.91. The largest absolute Gasteiger partial charge is 0.442 e. The molecule has 0 radical (unpaired) electrons. The van der Waals surface area contributed by atoms with Gasteiger partial charge in [-0.2, -0.15) is 0 Å². The van der Waals surface area contributed by atoms with E-state index >= 15 is 0 Å². The summed E-state index contributed by atoms with van der Waals surface area (Å²) in [7, 11) is 0. The Labute approximate surface area is 162 Å². The predicted octanol–water partition coefficient (Wildman–Crippen LogP) is 0.400. The van der Waals surface area contributed by atoms with Crippen LogP contribution in [-0.4, -0.2) is 80.0 Å². The molecule has 1 aromatic rings. The van der Waals surface area contributed by atoms with Crippen molar-refractivity contribution in [2.45, 2.75) is 19.1 Å². The van der Waals surface area contributed by atoms with E-state index in [1.54, 1.807) is 12.1 Å². The smallest absolute Gasteiger partial charge is 0.414 e. The van der Waals surface area contributed by atoms with Gasteiger partial charge in [0.2, 0.25) is 5.91 Å². The van der Waals surface area contributed by atoms with Gasteiger partial charge in [-0.15, -0.1) is 0 Å². The van der Waals surface area contributed by atoms with Gasteiger partial charge in [0.1, 0.15) is 11.9 Å². The molecular formula is C19H25FN4O4. The Hall–Kier alpha value is -2.39. The molecule has 0 aliphatic carbocycles. The van der Waals surface area contributed by atoms with Crippen LogP contribution >= 0.6 is 0 Å². The van der Waals surface area contributed by atoms with Gasteiger partial charge in [0.25, 0.3) is 0 Å². The van der Waals surface area contributed by atoms with Gasteiger partial charge in [-0.05, 0) is 18.2 Å². The topological polar surface area (TPSA) is 85.4 Å². The third-order valence-corrected chi connectivity index (χ3v) is 5.74. The Kier molecular flexibility index (Phi) is 5.11. The van der Waals surface area contributed by atoms with Gasteiger partial charge in [0.15, 0.2) is 0 Å². The lowest BCUT2D eigenvalue weighted by Gasteiger charge is -2.45. The van der Waals surface area contributed by atoms with E-state index in [0.717, 1.165) is 19.6 Å². The molecule has 152 valence electrons. The molecule has 0 bridgehead atoms. The predicted molar refractivity (Wildman–Crippen MR) is 101 cm³/mol. The Bertz CT molecular complexity index is 776. The normalized spacial score (nSPS) is 26.8. The van der Waals surface area contributed by atoms with Crippen LogP contribution in [0.4, 0.5) is 20.6 Å². The number of benzene rings is 1. The van der Waals surface area contributed by atoms with Crippen LogP contribution in [0, 0.1) is 11.7 Å². The minimum atomic E-state index is -0.540. The minimum absolute atomic E-state index is 0.136. The van der Waals surface area contributed by atoms with Gasteiger partial charge in [-0.3, -0.25) is 14.6 Å². The summed E-state index contributed by atoms with van der Waals surface area (Å²) in [5.74, 6) is -0.0504. The molecule has 0 unspecified atom stereocenters. The average Bonchev–Trinajstić information content (AvgIpc) is 3.16. The minimum Gasteiger partial charge on any atom is -0.442 e. The van der Waals surface area contributed by atoms with Crippen molar-refractivity contribution < 1.29 is 23.8 Å². The number of halogens is 1. The van der Waals surface area contributed by atoms with Crippen molar-refractivity contribution in [1.82, 2.24) is 10.2 Å². The second-order valence-corrected chi connectivity index (χ2v) is 7.65. The highest BCUT2D eigenvalue weighted by Gasteiger charge is 2.46. The van der Waals surface area contributed by atoms with Gasteiger partial charge >= 0.3 is 6.09 Å². The number of aliphatic hydroxyl groups is 1. The second-order valence-electron chi connectivity index (χ2n) is 7.65. The van der Waals surface area contributed by atoms with Crippen molar-refractivity contribution in [3.63, 3.8) is 0 Å². The summed E-state index contributed by atoms with van der Waals surface area (Å²) >= 11 is 0. The van der Waals surface area contributed by atoms with Crippen LogP contribution in [0.25, 0.3) is 0 Å². The first kappa shape index (κ1) is 18.9. The number of nitrogens with one attached hydrogen (secondary N) is 1. The number of carbonyl (C=O) groups excluding carboxylic acids is 2. The van der Waals surface area contributed by atoms with Crippen molar-refractivity contribution in [1.29, 1.82) is 0 Å². The fraction of sp³-hybridized carbons (Fsp3) is 0.579. The number of hydrogen-bond donors (Lipinski definition) is 2. The molecule has 3 fully saturated rings. The Morgan fingerprint density at radius 1 is 1.32 bits per heavy atom. The molecule has 0 spiro atoms. The average molecular weight is 392 g/mol. The van der Waals surface area contributed by atoms with Gasteiger partial charge in [0, 0.05) is 45.1 Å². The highest BCUT2D eigenvalue weighted by Crippen LogP contribution is 2.38. The van der Waals surface area contributed by atoms with Crippen molar-refractivity contribution in [3.05, 3.63) is 24.0 Å². The molecule has 3 saturated heterocycles. The van der Waals surface area contributed by atoms with E-state index in [2.05, 4.69) is 15.1 Å². The van der Waals surface area contributed by atoms with Crippen molar-refractivity contribution >= 4 is 23.4 Å². The summed E-state index contributed by atoms with van der Waals surface area (Å²) in [5, 5.41) is 11.7. The van der Waals surface area contributed by atoms with E-state index in [1.165, 1.54) is 17.9 Å². The maximum Gasteiger partial charge on any atom is 0.414 e. The van der Waals surface area contributed by atoms with Gasteiger partial charge in [0.05, 0.1) is 31.1 Å². The molecule has 8 nitrogen and oxygen atoms in total. The second kappa shape index (κ2) is 7.56. The van der Waals surface area contributed by atoms with Crippen LogP contribution in [0.15, 0.2) is 18.2 Å². The monoisotopic (exact) mass is 392 g/mol. The van der Waals surface area contributed by atoms with Crippen LogP contribution < -0.4 is 15.1 Å². The molecular weight excluding hydrogens is 367 g/mol. The Morgan fingerprint density at radius 3 is 2.86 bits per heavy atom. The number of amides is 2. The van der Waals surface area contributed by atoms with E-state index in [-0.39, 0.29) is 37.5 Å². The molecule has 4 rings (SSSR count). The van der Waals surface area contributed by atoms with E-state index in [4.69, 9.17) is 9.84 Å². The molecule has 3 aliphatic heterocycles. The lowest BCUT2D eigenvalue weighted by molar-refractivity contribution is -0.119. The zero-order valence-corrected chi connectivity index (χ0v) is 15.8. The molecule has 28 heavy (non-hydrogen) atoms. The molecule has 3 heterocycles. The first-order valence-corrected chi connectivity index (χ1v) is 9.58. The van der Waals surface area contributed by atoms with Crippen LogP contribution in [-0.2, 0) is 9.53 Å². The standard InChI is InChI=1S/C19H25FN4O4/c1-12(26)21-7-15-10-23(19(27)28-15)14-2-3-17(16(20)6-14)24-9-13-8-22(4-5-25)11-18(13)24/h2-3,6,13,15,18,25H,4-5,7-11H2,1H3,(H,21,26)/t13-,15-,18-/m0/s1. The number of aliphatic hydroxyl groups excluding tert-OH is 1. The number of rotatable bonds is 6. The first-order valence-electron chi connectivity index (χ1n) is 9.58. The third-order valence-electron chi connectivity index (χ3n) is 5.74. The Morgan fingerprint density at radius 2 is 2.14 bits per heavy atom. The highest BCUT2D eigenvalue weighted by atomic mass is 19.1. The summed E-state index contributed by atoms with van der Waals surface area (Å²) < 4.78 is 20.1. The van der Waals surface area contributed by atoms with Gasteiger partial charge < -0.3 is 20.1 Å². The van der Waals surface area contributed by atoms with Crippen LogP contribution in [0.5, 0.6) is 0 Å². The summed E-state index contributed by atoms with van der Waals surface area (Å²) in [6.45, 7) is 5.26. The molecule has 2 amide bonds. The number of anilines is 2. The molecule has 0 saturated carbocycles. The lowest BCUT2D eigenvalue weighted by Crippen LogP contribution is -2.56. The quantitative estimate of drug-likeness (QED) is 0.729. The molecule has 2 N–H and O–H groups in total. The molecule has 3 aliphatic rings. The van der Waals surface area contributed by atoms with E-state index in [9.17, 15) is 14.0 Å². The molecule has 3 atom stereocenters. The van der Waals surface area contributed by atoms with Gasteiger partial charge in [-0.25, -0.2) is 9.18 Å². The fourth-order valence-electron chi connectivity index (χ4n) is 4.32. The van der Waals surface area contributed by atoms with Crippen LogP contribution in [0.1, 0.15) is 6.92 Å². The molecule has 1 aromatic carbocycles. The zero-order valence-electron chi connectivity index (χ0n) is 15.8. The van der Waals surface area contributed by atoms with Crippen LogP contribution in [0.2, 0.25) is 0 Å². The number of hydrogen-bond acceptors (Lipinski definition) is 6. The molecule has 9 heteroatoms. The van der Waals surface area contributed by atoms with Crippen molar-refractivity contribution in [2.75, 3.05) is 55.7 Å². The number of cyclic esters (lactones) is 1. The number of β-amino-alcohol motifs (C(OH)–C–C–N with tert-alkyl or cyclic N) is 1. The Balaban J connectivity index is 1.41. The maximum atomic E-state index is 14.8. The first-order chi connectivity index (χ1) is 13.5. The molecule has 0 aromatic heterocycles. The van der Waals surface area contributed by atoms with Crippen molar-refractivity contribution in [3.8, 4) is 0 Å². The number of carbonyl (C=O) groups is 2. The van der Waals surface area contributed by atoms with Gasteiger partial charge in [-0.1, -0.05) is 0 Å². The fourth-order valence-corrected chi connectivity index (χ4v) is 4.32. The number of ether oxygens (including phenoxy) is 1. The summed E-state index contributed by atoms with van der Waals surface area (Å²) in [6.07, 6.45) is -0.992. The SMILES string of the molecule is CC(=O)NC[C@H]1CN(c2ccc(N3C[C@@H]4CN(CCO)C[C@@H]43)c(F)c2)C(=O)O1. The van der Waals surface area contributed by atoms with Crippen molar-refractivity contribution in [2.24, 2.45) is 5.92 Å². The zero-order chi connectivity index (χ0) is 19.8. The van der Waals surface area contributed by atoms with E-state index < -0.39 is 12.2 Å². The third kappa shape index (κ3) is 3.51. The highest BCUT2D eigenvalue weighted by molar-refractivity contribution is 5.90. The van der Waals surface area contributed by atoms with E-state index in [1.807, 2.05) is 0 Å². The van der Waals surface area contributed by atoms with E-state index in [0.29, 0.717) is 23.8 Å².